The number of aromatic nitrogens is 2. The van der Waals surface area contributed by atoms with Gasteiger partial charge in [-0.3, -0.25) is 14.4 Å². The summed E-state index contributed by atoms with van der Waals surface area (Å²) in [6.45, 7) is 7.88. The Morgan fingerprint density at radius 2 is 1.68 bits per heavy atom. The van der Waals surface area contributed by atoms with Crippen LogP contribution in [0.1, 0.15) is 56.2 Å². The summed E-state index contributed by atoms with van der Waals surface area (Å²) >= 11 is 1.37. The van der Waals surface area contributed by atoms with Crippen LogP contribution in [0.3, 0.4) is 0 Å². The third kappa shape index (κ3) is 5.80. The summed E-state index contributed by atoms with van der Waals surface area (Å²) in [4.78, 5) is 52.0. The predicted octanol–water partition coefficient (Wildman–Crippen LogP) is 3.45. The van der Waals surface area contributed by atoms with Crippen molar-refractivity contribution in [2.75, 3.05) is 23.7 Å². The maximum Gasteiger partial charge on any atom is 0.262 e. The fourth-order valence-corrected chi connectivity index (χ4v) is 4.74. The minimum Gasteiger partial charge on any atom is -0.351 e. The number of rotatable bonds is 5. The fourth-order valence-electron chi connectivity index (χ4n) is 3.62. The number of nitrogens with one attached hydrogen (secondary N) is 2. The molecule has 3 heterocycles. The monoisotopic (exact) mass is 480 g/mol. The standard InChI is InChI=1S/C24H28N6O3S/c1-24(2,3)22-25-13-17(14-26-22)28-20(32)15-6-8-16(9-7-15)27-19(31)12-18-21(33)29-23(34-18)30-10-4-5-11-30/h6-9,13-14,18H,4-5,10-12H2,1-3H3,(H,27,31)(H,28,32). The van der Waals surface area contributed by atoms with Crippen molar-refractivity contribution in [1.29, 1.82) is 0 Å². The van der Waals surface area contributed by atoms with Gasteiger partial charge in [0.05, 0.1) is 18.1 Å². The highest BCUT2D eigenvalue weighted by atomic mass is 32.2. The summed E-state index contributed by atoms with van der Waals surface area (Å²) in [5, 5.41) is 5.80. The molecule has 4 rings (SSSR count). The van der Waals surface area contributed by atoms with Gasteiger partial charge in [0.25, 0.3) is 11.8 Å². The van der Waals surface area contributed by atoms with E-state index in [4.69, 9.17) is 0 Å². The first kappa shape index (κ1) is 23.9. The third-order valence-corrected chi connectivity index (χ3v) is 6.70. The van der Waals surface area contributed by atoms with Gasteiger partial charge in [0.2, 0.25) is 5.91 Å². The van der Waals surface area contributed by atoms with E-state index in [1.807, 2.05) is 20.8 Å². The second kappa shape index (κ2) is 9.92. The van der Waals surface area contributed by atoms with E-state index in [1.54, 1.807) is 36.7 Å². The van der Waals surface area contributed by atoms with Crippen LogP contribution in [-0.2, 0) is 15.0 Å². The Labute approximate surface area is 202 Å². The van der Waals surface area contributed by atoms with Crippen LogP contribution in [0.5, 0.6) is 0 Å². The zero-order chi connectivity index (χ0) is 24.3. The molecule has 0 saturated carbocycles. The van der Waals surface area contributed by atoms with Crippen molar-refractivity contribution in [2.24, 2.45) is 4.99 Å². The molecule has 0 spiro atoms. The number of hydrogen-bond donors (Lipinski definition) is 2. The minimum absolute atomic E-state index is 0.0527. The molecular formula is C24H28N6O3S. The first-order valence-corrected chi connectivity index (χ1v) is 12.1. The lowest BCUT2D eigenvalue weighted by atomic mass is 9.96. The topological polar surface area (TPSA) is 117 Å². The number of carbonyl (C=O) groups excluding carboxylic acids is 3. The highest BCUT2D eigenvalue weighted by Crippen LogP contribution is 2.29. The van der Waals surface area contributed by atoms with Crippen LogP contribution in [0.25, 0.3) is 0 Å². The second-order valence-corrected chi connectivity index (χ2v) is 10.5. The molecule has 2 N–H and O–H groups in total. The number of nitrogens with zero attached hydrogens (tertiary/aromatic N) is 4. The van der Waals surface area contributed by atoms with E-state index in [0.717, 1.165) is 31.1 Å². The van der Waals surface area contributed by atoms with Crippen LogP contribution in [0.4, 0.5) is 11.4 Å². The molecule has 1 unspecified atom stereocenters. The molecule has 0 aliphatic carbocycles. The first-order valence-electron chi connectivity index (χ1n) is 11.3. The molecule has 0 radical (unpaired) electrons. The Hall–Kier alpha value is -3.27. The molecule has 34 heavy (non-hydrogen) atoms. The number of amides is 3. The molecule has 3 amide bonds. The molecule has 9 nitrogen and oxygen atoms in total. The number of aliphatic imine (C=N–C) groups is 1. The number of benzene rings is 1. The third-order valence-electron chi connectivity index (χ3n) is 5.49. The van der Waals surface area contributed by atoms with Gasteiger partial charge in [-0.1, -0.05) is 32.5 Å². The highest BCUT2D eigenvalue weighted by molar-refractivity contribution is 8.15. The quantitative estimate of drug-likeness (QED) is 0.673. The Morgan fingerprint density at radius 1 is 1.03 bits per heavy atom. The van der Waals surface area contributed by atoms with Crippen molar-refractivity contribution >= 4 is 46.0 Å². The number of likely N-dealkylation sites (tertiary alicyclic amines) is 1. The zero-order valence-corrected chi connectivity index (χ0v) is 20.3. The van der Waals surface area contributed by atoms with Gasteiger partial charge in [0.1, 0.15) is 11.1 Å². The number of amidine groups is 1. The zero-order valence-electron chi connectivity index (χ0n) is 19.5. The van der Waals surface area contributed by atoms with Gasteiger partial charge in [-0.05, 0) is 37.1 Å². The Bertz CT molecular complexity index is 1100. The van der Waals surface area contributed by atoms with Crippen molar-refractivity contribution in [1.82, 2.24) is 14.9 Å². The molecule has 1 atom stereocenters. The van der Waals surface area contributed by atoms with Gasteiger partial charge in [-0.25, -0.2) is 9.97 Å². The average Bonchev–Trinajstić information content (AvgIpc) is 3.44. The fraction of sp³-hybridized carbons (Fsp3) is 0.417. The largest absolute Gasteiger partial charge is 0.351 e. The van der Waals surface area contributed by atoms with Crippen LogP contribution in [-0.4, -0.2) is 56.1 Å². The van der Waals surface area contributed by atoms with Crippen molar-refractivity contribution in [2.45, 2.75) is 50.7 Å². The molecule has 0 bridgehead atoms. The Morgan fingerprint density at radius 3 is 2.29 bits per heavy atom. The van der Waals surface area contributed by atoms with Crippen molar-refractivity contribution < 1.29 is 14.4 Å². The summed E-state index contributed by atoms with van der Waals surface area (Å²) in [5.41, 5.74) is 1.32. The van der Waals surface area contributed by atoms with Crippen LogP contribution >= 0.6 is 11.8 Å². The highest BCUT2D eigenvalue weighted by Gasteiger charge is 2.33. The minimum atomic E-state index is -0.493. The maximum absolute atomic E-state index is 12.5. The second-order valence-electron chi connectivity index (χ2n) is 9.36. The number of anilines is 2. The van der Waals surface area contributed by atoms with E-state index in [0.29, 0.717) is 22.8 Å². The molecular weight excluding hydrogens is 452 g/mol. The molecule has 10 heteroatoms. The van der Waals surface area contributed by atoms with Crippen LogP contribution in [0, 0.1) is 0 Å². The van der Waals surface area contributed by atoms with Crippen molar-refractivity contribution in [3.05, 3.63) is 48.0 Å². The van der Waals surface area contributed by atoms with E-state index in [2.05, 4.69) is 30.5 Å². The summed E-state index contributed by atoms with van der Waals surface area (Å²) in [7, 11) is 0. The van der Waals surface area contributed by atoms with E-state index < -0.39 is 5.25 Å². The first-order chi connectivity index (χ1) is 16.2. The van der Waals surface area contributed by atoms with Crippen LogP contribution in [0.15, 0.2) is 41.7 Å². The number of thioether (sulfide) groups is 1. The average molecular weight is 481 g/mol. The van der Waals surface area contributed by atoms with E-state index in [-0.39, 0.29) is 29.6 Å². The summed E-state index contributed by atoms with van der Waals surface area (Å²) < 4.78 is 0. The lowest BCUT2D eigenvalue weighted by molar-refractivity contribution is -0.121. The van der Waals surface area contributed by atoms with Crippen LogP contribution in [0.2, 0.25) is 0 Å². The van der Waals surface area contributed by atoms with Crippen molar-refractivity contribution in [3.8, 4) is 0 Å². The lowest BCUT2D eigenvalue weighted by Crippen LogP contribution is -2.25. The van der Waals surface area contributed by atoms with Crippen LogP contribution < -0.4 is 10.6 Å². The molecule has 1 aromatic heterocycles. The molecule has 1 fully saturated rings. The molecule has 178 valence electrons. The Kier molecular flexibility index (Phi) is 6.97. The smallest absolute Gasteiger partial charge is 0.262 e. The van der Waals surface area contributed by atoms with E-state index in [9.17, 15) is 14.4 Å². The molecule has 1 aromatic carbocycles. The maximum atomic E-state index is 12.5. The predicted molar refractivity (Wildman–Crippen MR) is 133 cm³/mol. The number of carbonyl (C=O) groups is 3. The Balaban J connectivity index is 1.28. The summed E-state index contributed by atoms with van der Waals surface area (Å²) in [6.07, 6.45) is 5.42. The van der Waals surface area contributed by atoms with Crippen molar-refractivity contribution in [3.63, 3.8) is 0 Å². The lowest BCUT2D eigenvalue weighted by Gasteiger charge is -2.16. The molecule has 2 aliphatic heterocycles. The van der Waals surface area contributed by atoms with Gasteiger partial charge < -0.3 is 15.5 Å². The summed E-state index contributed by atoms with van der Waals surface area (Å²) in [6, 6.07) is 6.56. The summed E-state index contributed by atoms with van der Waals surface area (Å²) in [5.74, 6) is -0.128. The normalized spacial score (nSPS) is 18.1. The molecule has 1 saturated heterocycles. The molecule has 2 aliphatic rings. The van der Waals surface area contributed by atoms with Gasteiger partial charge >= 0.3 is 0 Å². The van der Waals surface area contributed by atoms with E-state index >= 15 is 0 Å². The van der Waals surface area contributed by atoms with E-state index in [1.165, 1.54) is 11.8 Å². The van der Waals surface area contributed by atoms with Gasteiger partial charge in [-0.2, -0.15) is 4.99 Å². The SMILES string of the molecule is CC(C)(C)c1ncc(NC(=O)c2ccc(NC(=O)CC3SC(N4CCCC4)=NC3=O)cc2)cn1. The number of hydrogen-bond acceptors (Lipinski definition) is 7. The van der Waals surface area contributed by atoms with Gasteiger partial charge in [0.15, 0.2) is 5.17 Å². The molecule has 2 aromatic rings. The van der Waals surface area contributed by atoms with Gasteiger partial charge in [0, 0.05) is 36.2 Å². The van der Waals surface area contributed by atoms with Gasteiger partial charge in [-0.15, -0.1) is 0 Å².